The first-order valence-electron chi connectivity index (χ1n) is 9.96. The van der Waals surface area contributed by atoms with Crippen LogP contribution in [0.4, 0.5) is 4.39 Å². The van der Waals surface area contributed by atoms with Crippen molar-refractivity contribution in [3.05, 3.63) is 70.5 Å². The van der Waals surface area contributed by atoms with Crippen LogP contribution < -0.4 is 15.4 Å². The van der Waals surface area contributed by atoms with Crippen molar-refractivity contribution in [3.63, 3.8) is 0 Å². The van der Waals surface area contributed by atoms with Gasteiger partial charge < -0.3 is 10.6 Å². The highest BCUT2D eigenvalue weighted by atomic mass is 32.2. The van der Waals surface area contributed by atoms with Gasteiger partial charge in [-0.3, -0.25) is 4.99 Å². The van der Waals surface area contributed by atoms with Crippen LogP contribution in [0.25, 0.3) is 0 Å². The van der Waals surface area contributed by atoms with Gasteiger partial charge in [0.1, 0.15) is 5.82 Å². The minimum absolute atomic E-state index is 0.0705. The number of benzene rings is 2. The molecule has 0 aliphatic heterocycles. The second-order valence-corrected chi connectivity index (χ2v) is 9.23. The Hall–Kier alpha value is -2.45. The topological polar surface area (TPSA) is 82.6 Å². The largest absolute Gasteiger partial charge is 0.356 e. The van der Waals surface area contributed by atoms with Gasteiger partial charge in [-0.05, 0) is 61.6 Å². The average Bonchev–Trinajstić information content (AvgIpc) is 2.65. The Kier molecular flexibility index (Phi) is 8.80. The average molecular weight is 435 g/mol. The number of hydrogen-bond acceptors (Lipinski definition) is 3. The van der Waals surface area contributed by atoms with Crippen molar-refractivity contribution in [2.75, 3.05) is 13.6 Å². The van der Waals surface area contributed by atoms with Crippen LogP contribution in [-0.4, -0.2) is 34.0 Å². The van der Waals surface area contributed by atoms with E-state index in [2.05, 4.69) is 20.3 Å². The Morgan fingerprint density at radius 2 is 1.77 bits per heavy atom. The maximum Gasteiger partial charge on any atom is 0.216 e. The first-order valence-corrected chi connectivity index (χ1v) is 11.6. The number of nitrogens with one attached hydrogen (secondary N) is 3. The minimum atomic E-state index is -3.40. The first kappa shape index (κ1) is 23.8. The van der Waals surface area contributed by atoms with Gasteiger partial charge in [0.15, 0.2) is 5.96 Å². The molecule has 0 saturated heterocycles. The molecule has 2 rings (SSSR count). The van der Waals surface area contributed by atoms with E-state index in [0.29, 0.717) is 19.0 Å². The van der Waals surface area contributed by atoms with Gasteiger partial charge in [-0.15, -0.1) is 0 Å². The van der Waals surface area contributed by atoms with Crippen LogP contribution in [-0.2, 0) is 28.7 Å². The molecule has 2 aromatic rings. The van der Waals surface area contributed by atoms with Crippen LogP contribution in [0.2, 0.25) is 0 Å². The third-order valence-corrected chi connectivity index (χ3v) is 6.06. The molecule has 0 aromatic heterocycles. The summed E-state index contributed by atoms with van der Waals surface area (Å²) in [5, 5.41) is 6.46. The summed E-state index contributed by atoms with van der Waals surface area (Å²) >= 11 is 0. The monoisotopic (exact) mass is 434 g/mol. The summed E-state index contributed by atoms with van der Waals surface area (Å²) in [6.45, 7) is 6.58. The van der Waals surface area contributed by atoms with E-state index >= 15 is 0 Å². The van der Waals surface area contributed by atoms with E-state index in [1.165, 1.54) is 12.1 Å². The quantitative estimate of drug-likeness (QED) is 0.419. The van der Waals surface area contributed by atoms with Crippen molar-refractivity contribution in [2.24, 2.45) is 4.99 Å². The summed E-state index contributed by atoms with van der Waals surface area (Å²) in [5.74, 6) is 0.317. The predicted octanol–water partition coefficient (Wildman–Crippen LogP) is 2.87. The molecule has 8 heteroatoms. The molecule has 0 atom stereocenters. The molecule has 0 aliphatic rings. The number of halogens is 1. The fraction of sp³-hybridized carbons (Fsp3) is 0.409. The third-order valence-electron chi connectivity index (χ3n) is 4.54. The van der Waals surface area contributed by atoms with Crippen molar-refractivity contribution in [2.45, 2.75) is 45.5 Å². The molecule has 0 heterocycles. The van der Waals surface area contributed by atoms with E-state index in [9.17, 15) is 12.8 Å². The van der Waals surface area contributed by atoms with E-state index in [1.807, 2.05) is 31.2 Å². The molecule has 0 unspecified atom stereocenters. The normalized spacial score (nSPS) is 12.3. The molecule has 0 radical (unpaired) electrons. The zero-order valence-corrected chi connectivity index (χ0v) is 18.8. The van der Waals surface area contributed by atoms with Gasteiger partial charge in [0, 0.05) is 26.2 Å². The number of sulfonamides is 1. The van der Waals surface area contributed by atoms with Crippen molar-refractivity contribution < 1.29 is 12.8 Å². The molecule has 6 nitrogen and oxygen atoms in total. The number of rotatable bonds is 9. The number of guanidine groups is 1. The number of hydrogen-bond donors (Lipinski definition) is 3. The smallest absolute Gasteiger partial charge is 0.216 e. The van der Waals surface area contributed by atoms with Crippen LogP contribution in [0.3, 0.4) is 0 Å². The van der Waals surface area contributed by atoms with Crippen LogP contribution in [0, 0.1) is 12.7 Å². The molecule has 0 bridgehead atoms. The first-order chi connectivity index (χ1) is 14.2. The van der Waals surface area contributed by atoms with Gasteiger partial charge in [0.25, 0.3) is 0 Å². The summed E-state index contributed by atoms with van der Waals surface area (Å²) in [4.78, 5) is 4.22. The zero-order chi connectivity index (χ0) is 22.1. The molecular weight excluding hydrogens is 403 g/mol. The van der Waals surface area contributed by atoms with E-state index < -0.39 is 10.0 Å². The van der Waals surface area contributed by atoms with Gasteiger partial charge in [0.2, 0.25) is 10.0 Å². The summed E-state index contributed by atoms with van der Waals surface area (Å²) in [5.41, 5.74) is 3.64. The Morgan fingerprint density at radius 3 is 2.40 bits per heavy atom. The molecule has 0 amide bonds. The van der Waals surface area contributed by atoms with Gasteiger partial charge in [-0.25, -0.2) is 17.5 Å². The Balaban J connectivity index is 1.93. The lowest BCUT2D eigenvalue weighted by molar-refractivity contribution is 0.568. The highest BCUT2D eigenvalue weighted by Crippen LogP contribution is 2.13. The van der Waals surface area contributed by atoms with E-state index in [-0.39, 0.29) is 17.6 Å². The Morgan fingerprint density at radius 1 is 1.07 bits per heavy atom. The molecule has 2 aromatic carbocycles. The van der Waals surface area contributed by atoms with Crippen LogP contribution in [0.5, 0.6) is 0 Å². The van der Waals surface area contributed by atoms with E-state index in [4.69, 9.17) is 0 Å². The van der Waals surface area contributed by atoms with Gasteiger partial charge >= 0.3 is 0 Å². The summed E-state index contributed by atoms with van der Waals surface area (Å²) in [6, 6.07) is 12.1. The highest BCUT2D eigenvalue weighted by Gasteiger charge is 2.15. The summed E-state index contributed by atoms with van der Waals surface area (Å²) in [7, 11) is -1.72. The SMILES string of the molecule is CN=C(NCCc1ccc(F)cc1C)NCc1ccccc1CS(=O)(=O)NC(C)C. The van der Waals surface area contributed by atoms with Gasteiger partial charge in [0.05, 0.1) is 5.75 Å². The zero-order valence-electron chi connectivity index (χ0n) is 18.0. The predicted molar refractivity (Wildman–Crippen MR) is 120 cm³/mol. The summed E-state index contributed by atoms with van der Waals surface area (Å²) in [6.07, 6.45) is 0.739. The molecule has 30 heavy (non-hydrogen) atoms. The van der Waals surface area contributed by atoms with Gasteiger partial charge in [-0.1, -0.05) is 30.3 Å². The minimum Gasteiger partial charge on any atom is -0.356 e. The molecule has 0 aliphatic carbocycles. The maximum atomic E-state index is 13.2. The third kappa shape index (κ3) is 7.76. The van der Waals surface area contributed by atoms with E-state index in [0.717, 1.165) is 28.7 Å². The lowest BCUT2D eigenvalue weighted by atomic mass is 10.1. The number of aliphatic imine (C=N–C) groups is 1. The van der Waals surface area contributed by atoms with Crippen LogP contribution in [0.15, 0.2) is 47.5 Å². The van der Waals surface area contributed by atoms with Crippen molar-refractivity contribution in [1.82, 2.24) is 15.4 Å². The standard InChI is InChI=1S/C22H31FN4O2S/c1-16(2)27-30(28,29)15-20-8-6-5-7-19(20)14-26-22(24-4)25-12-11-18-9-10-21(23)13-17(18)3/h5-10,13,16,27H,11-12,14-15H2,1-4H3,(H2,24,25,26). The molecule has 0 spiro atoms. The second-order valence-electron chi connectivity index (χ2n) is 7.47. The van der Waals surface area contributed by atoms with Crippen molar-refractivity contribution in [1.29, 1.82) is 0 Å². The lowest BCUT2D eigenvalue weighted by Gasteiger charge is -2.15. The van der Waals surface area contributed by atoms with Crippen molar-refractivity contribution in [3.8, 4) is 0 Å². The summed E-state index contributed by atoms with van der Waals surface area (Å²) < 4.78 is 40.4. The highest BCUT2D eigenvalue weighted by molar-refractivity contribution is 7.88. The molecule has 0 saturated carbocycles. The Labute approximate surface area is 179 Å². The van der Waals surface area contributed by atoms with Crippen LogP contribution in [0.1, 0.15) is 36.1 Å². The lowest BCUT2D eigenvalue weighted by Crippen LogP contribution is -2.38. The van der Waals surface area contributed by atoms with Gasteiger partial charge in [-0.2, -0.15) is 0 Å². The fourth-order valence-corrected chi connectivity index (χ4v) is 4.62. The molecule has 0 fully saturated rings. The second kappa shape index (κ2) is 11.1. The molecular formula is C22H31FN4O2S. The fourth-order valence-electron chi connectivity index (χ4n) is 3.13. The maximum absolute atomic E-state index is 13.2. The molecule has 164 valence electrons. The molecule has 3 N–H and O–H groups in total. The van der Waals surface area contributed by atoms with E-state index in [1.54, 1.807) is 27.0 Å². The number of aryl methyl sites for hydroxylation is 1. The van der Waals surface area contributed by atoms with Crippen molar-refractivity contribution >= 4 is 16.0 Å². The van der Waals surface area contributed by atoms with Crippen LogP contribution >= 0.6 is 0 Å². The number of nitrogens with zero attached hydrogens (tertiary/aromatic N) is 1. The Bertz CT molecular complexity index is 975.